The van der Waals surface area contributed by atoms with Crippen molar-refractivity contribution >= 4 is 5.82 Å². The van der Waals surface area contributed by atoms with E-state index < -0.39 is 0 Å². The smallest absolute Gasteiger partial charge is 0.233 e. The number of nitrogens with zero attached hydrogens (tertiary/aromatic N) is 2. The lowest BCUT2D eigenvalue weighted by atomic mass is 10.2. The maximum Gasteiger partial charge on any atom is 0.233 e. The highest BCUT2D eigenvalue weighted by Gasteiger charge is 2.23. The highest BCUT2D eigenvalue weighted by molar-refractivity contribution is 5.35. The largest absolute Gasteiger partial charge is 0.480 e. The zero-order chi connectivity index (χ0) is 10.7. The first kappa shape index (κ1) is 10.2. The van der Waals surface area contributed by atoms with Crippen LogP contribution < -0.4 is 15.8 Å². The van der Waals surface area contributed by atoms with Crippen LogP contribution in [-0.2, 0) is 0 Å². The fraction of sp³-hybridized carbons (Fsp3) is 0.600. The van der Waals surface area contributed by atoms with E-state index in [1.165, 1.54) is 6.42 Å². The third-order valence-electron chi connectivity index (χ3n) is 2.72. The highest BCUT2D eigenvalue weighted by Crippen LogP contribution is 2.21. The topological polar surface area (TPSA) is 73.1 Å². The minimum absolute atomic E-state index is 0.220. The van der Waals surface area contributed by atoms with Gasteiger partial charge in [-0.1, -0.05) is 0 Å². The van der Waals surface area contributed by atoms with Crippen LogP contribution in [0.15, 0.2) is 12.4 Å². The van der Waals surface area contributed by atoms with Crippen molar-refractivity contribution in [2.24, 2.45) is 5.73 Å². The molecule has 5 heteroatoms. The van der Waals surface area contributed by atoms with Gasteiger partial charge in [0.05, 0.1) is 19.5 Å². The van der Waals surface area contributed by atoms with E-state index in [2.05, 4.69) is 15.3 Å². The summed E-state index contributed by atoms with van der Waals surface area (Å²) in [7, 11) is 1.58. The Hall–Kier alpha value is -1.36. The van der Waals surface area contributed by atoms with Crippen LogP contribution in [0, 0.1) is 0 Å². The molecule has 1 aliphatic carbocycles. The number of aromatic nitrogens is 2. The van der Waals surface area contributed by atoms with E-state index in [-0.39, 0.29) is 6.04 Å². The molecule has 2 unspecified atom stereocenters. The van der Waals surface area contributed by atoms with Gasteiger partial charge in [0.25, 0.3) is 0 Å². The summed E-state index contributed by atoms with van der Waals surface area (Å²) in [6, 6.07) is 0.532. The zero-order valence-corrected chi connectivity index (χ0v) is 8.81. The molecule has 0 saturated heterocycles. The predicted octanol–water partition coefficient (Wildman–Crippen LogP) is 0.777. The van der Waals surface area contributed by atoms with Gasteiger partial charge >= 0.3 is 0 Å². The van der Waals surface area contributed by atoms with E-state index in [9.17, 15) is 0 Å². The van der Waals surface area contributed by atoms with E-state index in [4.69, 9.17) is 10.5 Å². The molecule has 1 aromatic heterocycles. The van der Waals surface area contributed by atoms with Crippen molar-refractivity contribution in [3.05, 3.63) is 12.4 Å². The number of methoxy groups -OCH3 is 1. The van der Waals surface area contributed by atoms with Crippen molar-refractivity contribution < 1.29 is 4.74 Å². The molecule has 1 aliphatic rings. The third-order valence-corrected chi connectivity index (χ3v) is 2.72. The normalized spacial score (nSPS) is 25.2. The summed E-state index contributed by atoms with van der Waals surface area (Å²) in [6.45, 7) is 0. The molecule has 1 aromatic rings. The molecule has 5 nitrogen and oxygen atoms in total. The molecule has 0 radical (unpaired) electrons. The van der Waals surface area contributed by atoms with Gasteiger partial charge in [-0.3, -0.25) is 4.98 Å². The van der Waals surface area contributed by atoms with Gasteiger partial charge in [0, 0.05) is 12.1 Å². The van der Waals surface area contributed by atoms with Gasteiger partial charge in [-0.15, -0.1) is 0 Å². The second-order valence-electron chi connectivity index (χ2n) is 3.79. The van der Waals surface area contributed by atoms with Crippen LogP contribution in [0.3, 0.4) is 0 Å². The molecule has 2 atom stereocenters. The lowest BCUT2D eigenvalue weighted by Gasteiger charge is -2.17. The summed E-state index contributed by atoms with van der Waals surface area (Å²) >= 11 is 0. The van der Waals surface area contributed by atoms with Crippen LogP contribution >= 0.6 is 0 Å². The molecule has 0 spiro atoms. The lowest BCUT2D eigenvalue weighted by molar-refractivity contribution is 0.396. The summed E-state index contributed by atoms with van der Waals surface area (Å²) in [4.78, 5) is 8.27. The van der Waals surface area contributed by atoms with E-state index in [0.717, 1.165) is 18.7 Å². The maximum absolute atomic E-state index is 5.96. The Kier molecular flexibility index (Phi) is 3.01. The SMILES string of the molecule is COc1cncc(NC2CCCC2N)n1. The van der Waals surface area contributed by atoms with Gasteiger partial charge in [0.2, 0.25) is 5.88 Å². The quantitative estimate of drug-likeness (QED) is 0.767. The number of rotatable bonds is 3. The second kappa shape index (κ2) is 4.44. The molecule has 1 heterocycles. The molecule has 15 heavy (non-hydrogen) atoms. The number of hydrogen-bond acceptors (Lipinski definition) is 5. The average Bonchev–Trinajstić information content (AvgIpc) is 2.65. The first-order valence-electron chi connectivity index (χ1n) is 5.18. The maximum atomic E-state index is 5.96. The monoisotopic (exact) mass is 208 g/mol. The molecule has 2 rings (SSSR count). The van der Waals surface area contributed by atoms with Gasteiger partial charge < -0.3 is 15.8 Å². The Bertz CT molecular complexity index is 331. The Morgan fingerprint density at radius 1 is 1.47 bits per heavy atom. The van der Waals surface area contributed by atoms with Crippen LogP contribution in [0.25, 0.3) is 0 Å². The lowest BCUT2D eigenvalue weighted by Crippen LogP contribution is -2.35. The van der Waals surface area contributed by atoms with Crippen LogP contribution in [-0.4, -0.2) is 29.2 Å². The molecule has 0 aliphatic heterocycles. The number of anilines is 1. The predicted molar refractivity (Wildman–Crippen MR) is 57.8 cm³/mol. The molecule has 1 saturated carbocycles. The van der Waals surface area contributed by atoms with Gasteiger partial charge in [0.15, 0.2) is 0 Å². The summed E-state index contributed by atoms with van der Waals surface area (Å²) in [5.74, 6) is 1.25. The number of hydrogen-bond donors (Lipinski definition) is 2. The Labute approximate surface area is 89.1 Å². The summed E-state index contributed by atoms with van der Waals surface area (Å²) in [5, 5.41) is 3.29. The second-order valence-corrected chi connectivity index (χ2v) is 3.79. The molecule has 82 valence electrons. The third kappa shape index (κ3) is 2.36. The van der Waals surface area contributed by atoms with Crippen molar-refractivity contribution in [3.63, 3.8) is 0 Å². The van der Waals surface area contributed by atoms with Gasteiger partial charge in [0.1, 0.15) is 5.82 Å². The van der Waals surface area contributed by atoms with E-state index >= 15 is 0 Å². The Morgan fingerprint density at radius 2 is 2.33 bits per heavy atom. The van der Waals surface area contributed by atoms with Crippen molar-refractivity contribution in [2.45, 2.75) is 31.3 Å². The van der Waals surface area contributed by atoms with E-state index in [0.29, 0.717) is 11.9 Å². The standard InChI is InChI=1S/C10H16N4O/c1-15-10-6-12-5-9(14-10)13-8-4-2-3-7(8)11/h5-8H,2-4,11H2,1H3,(H,13,14). The number of nitrogens with two attached hydrogens (primary N) is 1. The van der Waals surface area contributed by atoms with Crippen molar-refractivity contribution in [3.8, 4) is 5.88 Å². The fourth-order valence-corrected chi connectivity index (χ4v) is 1.87. The van der Waals surface area contributed by atoms with Crippen LogP contribution in [0.2, 0.25) is 0 Å². The fourth-order valence-electron chi connectivity index (χ4n) is 1.87. The zero-order valence-electron chi connectivity index (χ0n) is 8.81. The Balaban J connectivity index is 2.03. The number of ether oxygens (including phenoxy) is 1. The van der Waals surface area contributed by atoms with Crippen LogP contribution in [0.4, 0.5) is 5.82 Å². The van der Waals surface area contributed by atoms with E-state index in [1.807, 2.05) is 0 Å². The van der Waals surface area contributed by atoms with Gasteiger partial charge in [-0.05, 0) is 19.3 Å². The molecular weight excluding hydrogens is 192 g/mol. The highest BCUT2D eigenvalue weighted by atomic mass is 16.5. The molecule has 0 bridgehead atoms. The average molecular weight is 208 g/mol. The molecular formula is C10H16N4O. The minimum Gasteiger partial charge on any atom is -0.480 e. The molecule has 0 amide bonds. The summed E-state index contributed by atoms with van der Waals surface area (Å²) < 4.78 is 5.00. The molecule has 0 aromatic carbocycles. The summed E-state index contributed by atoms with van der Waals surface area (Å²) in [5.41, 5.74) is 5.96. The summed E-state index contributed by atoms with van der Waals surface area (Å²) in [6.07, 6.45) is 6.62. The number of nitrogens with one attached hydrogen (secondary N) is 1. The van der Waals surface area contributed by atoms with Crippen molar-refractivity contribution in [2.75, 3.05) is 12.4 Å². The van der Waals surface area contributed by atoms with Crippen LogP contribution in [0.1, 0.15) is 19.3 Å². The van der Waals surface area contributed by atoms with Gasteiger partial charge in [-0.25, -0.2) is 0 Å². The molecule has 3 N–H and O–H groups in total. The van der Waals surface area contributed by atoms with Crippen molar-refractivity contribution in [1.29, 1.82) is 0 Å². The molecule has 1 fully saturated rings. The first-order chi connectivity index (χ1) is 7.29. The van der Waals surface area contributed by atoms with E-state index in [1.54, 1.807) is 19.5 Å². The van der Waals surface area contributed by atoms with Crippen LogP contribution in [0.5, 0.6) is 5.88 Å². The minimum atomic E-state index is 0.220. The van der Waals surface area contributed by atoms with Gasteiger partial charge in [-0.2, -0.15) is 4.98 Å². The Morgan fingerprint density at radius 3 is 3.00 bits per heavy atom. The van der Waals surface area contributed by atoms with Crippen molar-refractivity contribution in [1.82, 2.24) is 9.97 Å². The first-order valence-corrected chi connectivity index (χ1v) is 5.18.